The Hall–Kier alpha value is -4.53. The fourth-order valence-electron chi connectivity index (χ4n) is 7.39. The number of fused-ring (bicyclic) bond motifs is 1. The maximum absolute atomic E-state index is 14.2. The number of ether oxygens (including phenoxy) is 4. The fraction of sp³-hybridized carbons (Fsp3) is 0.488. The minimum absolute atomic E-state index is 0.0607. The van der Waals surface area contributed by atoms with E-state index < -0.39 is 41.2 Å². The van der Waals surface area contributed by atoms with Gasteiger partial charge in [0.2, 0.25) is 5.91 Å². The van der Waals surface area contributed by atoms with E-state index in [2.05, 4.69) is 65.1 Å². The number of nitrogens with one attached hydrogen (secondary N) is 1. The first-order valence-electron chi connectivity index (χ1n) is 17.7. The molecule has 0 aliphatic heterocycles. The van der Waals surface area contributed by atoms with Gasteiger partial charge < -0.3 is 30.0 Å². The number of esters is 2. The Labute approximate surface area is 296 Å². The van der Waals surface area contributed by atoms with Crippen LogP contribution in [-0.2, 0) is 34.7 Å². The quantitative estimate of drug-likeness (QED) is 0.0919. The van der Waals surface area contributed by atoms with E-state index in [-0.39, 0.29) is 22.5 Å². The van der Waals surface area contributed by atoms with Crippen molar-refractivity contribution in [3.05, 3.63) is 89.4 Å². The predicted molar refractivity (Wildman–Crippen MR) is 193 cm³/mol. The number of allylic oxidation sites excluding steroid dienone is 2. The largest absolute Gasteiger partial charge is 0.493 e. The smallest absolute Gasteiger partial charge is 0.308 e. The summed E-state index contributed by atoms with van der Waals surface area (Å²) >= 11 is 0. The first-order valence-corrected chi connectivity index (χ1v) is 17.7. The highest BCUT2D eigenvalue weighted by Gasteiger charge is 2.68. The zero-order valence-corrected chi connectivity index (χ0v) is 30.6. The maximum Gasteiger partial charge on any atom is 0.308 e. The Morgan fingerprint density at radius 3 is 2.26 bits per heavy atom. The van der Waals surface area contributed by atoms with Crippen LogP contribution >= 0.6 is 0 Å². The zero-order valence-electron chi connectivity index (χ0n) is 30.6. The van der Waals surface area contributed by atoms with Gasteiger partial charge in [-0.1, -0.05) is 71.9 Å². The average molecular weight is 685 g/mol. The first-order chi connectivity index (χ1) is 23.6. The maximum atomic E-state index is 14.2. The van der Waals surface area contributed by atoms with E-state index >= 15 is 0 Å². The van der Waals surface area contributed by atoms with Gasteiger partial charge in [0.15, 0.2) is 11.5 Å². The van der Waals surface area contributed by atoms with E-state index in [1.807, 2.05) is 18.2 Å². The van der Waals surface area contributed by atoms with Crippen LogP contribution in [0.4, 0.5) is 5.69 Å². The topological polar surface area (TPSA) is 126 Å². The molecule has 3 N–H and O–H groups in total. The van der Waals surface area contributed by atoms with E-state index in [0.717, 1.165) is 18.6 Å². The van der Waals surface area contributed by atoms with Crippen molar-refractivity contribution in [2.45, 2.75) is 91.6 Å². The summed E-state index contributed by atoms with van der Waals surface area (Å²) in [6.45, 7) is 16.9. The second-order valence-corrected chi connectivity index (χ2v) is 14.9. The van der Waals surface area contributed by atoms with Crippen LogP contribution in [0.1, 0.15) is 85.8 Å². The summed E-state index contributed by atoms with van der Waals surface area (Å²) in [7, 11) is 0. The van der Waals surface area contributed by atoms with Crippen molar-refractivity contribution in [2.24, 2.45) is 23.2 Å². The van der Waals surface area contributed by atoms with Crippen LogP contribution < -0.4 is 20.5 Å². The lowest BCUT2D eigenvalue weighted by Gasteiger charge is -2.39. The van der Waals surface area contributed by atoms with E-state index in [1.165, 1.54) is 25.0 Å². The highest BCUT2D eigenvalue weighted by Crippen LogP contribution is 2.64. The van der Waals surface area contributed by atoms with Gasteiger partial charge in [-0.05, 0) is 72.1 Å². The van der Waals surface area contributed by atoms with Gasteiger partial charge in [0.05, 0.1) is 17.9 Å². The molecule has 1 spiro atoms. The fourth-order valence-corrected chi connectivity index (χ4v) is 7.39. The van der Waals surface area contributed by atoms with Gasteiger partial charge in [0.25, 0.3) is 0 Å². The molecule has 3 aliphatic rings. The van der Waals surface area contributed by atoms with E-state index in [4.69, 9.17) is 24.7 Å². The lowest BCUT2D eigenvalue weighted by Crippen LogP contribution is -2.44. The van der Waals surface area contributed by atoms with E-state index in [1.54, 1.807) is 30.3 Å². The number of benzene rings is 2. The molecule has 0 saturated heterocycles. The second-order valence-electron chi connectivity index (χ2n) is 14.9. The molecule has 5 unspecified atom stereocenters. The van der Waals surface area contributed by atoms with Crippen molar-refractivity contribution in [2.75, 3.05) is 18.9 Å². The number of nitrogen functional groups attached to an aromatic ring is 1. The summed E-state index contributed by atoms with van der Waals surface area (Å²) in [4.78, 5) is 38.7. The normalized spacial score (nSPS) is 23.8. The van der Waals surface area contributed by atoms with Crippen LogP contribution in [0.2, 0.25) is 0 Å². The third-order valence-electron chi connectivity index (χ3n) is 10.9. The molecule has 5 atom stereocenters. The lowest BCUT2D eigenvalue weighted by molar-refractivity contribution is -0.149. The molecule has 1 saturated carbocycles. The summed E-state index contributed by atoms with van der Waals surface area (Å²) in [6.07, 6.45) is 9.33. The third kappa shape index (κ3) is 7.05. The van der Waals surface area contributed by atoms with Crippen LogP contribution in [0.5, 0.6) is 11.5 Å². The van der Waals surface area contributed by atoms with Gasteiger partial charge in [-0.2, -0.15) is 0 Å². The summed E-state index contributed by atoms with van der Waals surface area (Å²) in [6, 6.07) is 13.4. The van der Waals surface area contributed by atoms with Crippen molar-refractivity contribution in [3.8, 4) is 11.5 Å². The Kier molecular flexibility index (Phi) is 10.6. The van der Waals surface area contributed by atoms with Gasteiger partial charge in [-0.3, -0.25) is 14.4 Å². The molecule has 0 heterocycles. The van der Waals surface area contributed by atoms with Gasteiger partial charge in [-0.15, -0.1) is 0 Å². The summed E-state index contributed by atoms with van der Waals surface area (Å²) in [5.74, 6) is -0.886. The second kappa shape index (κ2) is 14.4. The lowest BCUT2D eigenvalue weighted by atomic mass is 9.68. The molecule has 0 aromatic heterocycles. The molecule has 268 valence electrons. The molecule has 2 bridgehead atoms. The Bertz CT molecular complexity index is 1700. The number of hydrogen-bond donors (Lipinski definition) is 2. The summed E-state index contributed by atoms with van der Waals surface area (Å²) in [5.41, 5.74) is 7.89. The Morgan fingerprint density at radius 1 is 0.920 bits per heavy atom. The van der Waals surface area contributed by atoms with Crippen molar-refractivity contribution in [1.29, 1.82) is 0 Å². The molecule has 0 radical (unpaired) electrons. The van der Waals surface area contributed by atoms with Crippen molar-refractivity contribution in [1.82, 2.24) is 5.32 Å². The molecule has 50 heavy (non-hydrogen) atoms. The predicted octanol–water partition coefficient (Wildman–Crippen LogP) is 7.30. The number of anilines is 1. The van der Waals surface area contributed by atoms with Crippen LogP contribution in [0.3, 0.4) is 0 Å². The number of carbonyl (C=O) groups is 3. The van der Waals surface area contributed by atoms with Crippen LogP contribution in [0.25, 0.3) is 0 Å². The molecule has 9 nitrogen and oxygen atoms in total. The Balaban J connectivity index is 1.36. The highest BCUT2D eigenvalue weighted by molar-refractivity contribution is 5.84. The monoisotopic (exact) mass is 684 g/mol. The molecule has 1 fully saturated rings. The van der Waals surface area contributed by atoms with Gasteiger partial charge in [0, 0.05) is 43.5 Å². The molecular formula is C41H52N2O7. The third-order valence-corrected chi connectivity index (χ3v) is 10.9. The molecular weight excluding hydrogens is 632 g/mol. The standard InChI is InChI=1S/C41H52N2O7/c1-9-39(5,6)27-12-18-33(32(24-27)40(7,8)10-2)47-23-11-22-43-38(46)35-30-20-21-41(35)31(36(30)49-26(4)45)17-19-34(48-25(3)44)37(41)50-29-15-13-28(42)14-16-29/h12-21,24,30-31,35-36H,9-11,22-23,42H2,1-8H3,(H,43,46). The number of rotatable bonds is 14. The minimum atomic E-state index is -1.07. The number of carbonyl (C=O) groups excluding carboxylic acids is 3. The number of amides is 1. The first kappa shape index (κ1) is 36.7. The molecule has 3 aliphatic carbocycles. The van der Waals surface area contributed by atoms with Crippen LogP contribution in [0.15, 0.2) is 78.3 Å². The summed E-state index contributed by atoms with van der Waals surface area (Å²) in [5, 5.41) is 3.13. The van der Waals surface area contributed by atoms with Crippen molar-refractivity contribution in [3.63, 3.8) is 0 Å². The van der Waals surface area contributed by atoms with E-state index in [0.29, 0.717) is 36.8 Å². The number of hydrogen-bond acceptors (Lipinski definition) is 8. The van der Waals surface area contributed by atoms with Crippen LogP contribution in [-0.4, -0.2) is 37.1 Å². The highest BCUT2D eigenvalue weighted by atomic mass is 16.6. The molecule has 2 aromatic carbocycles. The van der Waals surface area contributed by atoms with Crippen LogP contribution in [0, 0.1) is 23.2 Å². The molecule has 2 aromatic rings. The SMILES string of the molecule is CCC(C)(C)c1ccc(OCCCNC(=O)C2C3C=CC24C(Oc2ccc(N)cc2)=C(OC(C)=O)C=CC4C3OC(C)=O)c(C(C)(C)CC)c1. The molecule has 5 rings (SSSR count). The van der Waals surface area contributed by atoms with Gasteiger partial charge in [0.1, 0.15) is 17.6 Å². The van der Waals surface area contributed by atoms with Gasteiger partial charge in [-0.25, -0.2) is 0 Å². The molecule has 1 amide bonds. The zero-order chi connectivity index (χ0) is 36.4. The van der Waals surface area contributed by atoms with Crippen molar-refractivity contribution < 1.29 is 33.3 Å². The number of nitrogens with two attached hydrogens (primary N) is 1. The summed E-state index contributed by atoms with van der Waals surface area (Å²) < 4.78 is 24.3. The van der Waals surface area contributed by atoms with Gasteiger partial charge >= 0.3 is 11.9 Å². The molecule has 9 heteroatoms. The van der Waals surface area contributed by atoms with Crippen molar-refractivity contribution >= 4 is 23.5 Å². The van der Waals surface area contributed by atoms with E-state index in [9.17, 15) is 14.4 Å². The minimum Gasteiger partial charge on any atom is -0.493 e. The Morgan fingerprint density at radius 2 is 1.62 bits per heavy atom. The average Bonchev–Trinajstić information content (AvgIpc) is 3.57.